The predicted molar refractivity (Wildman–Crippen MR) is 96.6 cm³/mol. The van der Waals surface area contributed by atoms with Gasteiger partial charge in [0.2, 0.25) is 0 Å². The molecule has 0 aliphatic heterocycles. The molecular weight excluding hydrogens is 360 g/mol. The summed E-state index contributed by atoms with van der Waals surface area (Å²) >= 11 is 7.40. The molecule has 0 radical (unpaired) electrons. The highest BCUT2D eigenvalue weighted by Crippen LogP contribution is 2.19. The second-order valence-corrected chi connectivity index (χ2v) is 6.52. The number of carbonyl (C=O) groups is 2. The summed E-state index contributed by atoms with van der Waals surface area (Å²) in [6, 6.07) is 15.4. The van der Waals surface area contributed by atoms with Gasteiger partial charge in [-0.3, -0.25) is 4.79 Å². The van der Waals surface area contributed by atoms with Gasteiger partial charge in [-0.25, -0.2) is 4.79 Å². The zero-order valence-corrected chi connectivity index (χ0v) is 14.8. The molecule has 0 saturated heterocycles. The van der Waals surface area contributed by atoms with Crippen LogP contribution in [0, 0.1) is 11.3 Å². The van der Waals surface area contributed by atoms with Crippen LogP contribution in [-0.4, -0.2) is 30.8 Å². The van der Waals surface area contributed by atoms with Gasteiger partial charge in [-0.1, -0.05) is 11.6 Å². The van der Waals surface area contributed by atoms with Crippen LogP contribution < -0.4 is 5.32 Å². The van der Waals surface area contributed by atoms with E-state index in [1.54, 1.807) is 11.8 Å². The summed E-state index contributed by atoms with van der Waals surface area (Å²) in [4.78, 5) is 24.5. The highest BCUT2D eigenvalue weighted by atomic mass is 35.5. The first-order chi connectivity index (χ1) is 12.1. The summed E-state index contributed by atoms with van der Waals surface area (Å²) < 4.78 is 4.94. The molecule has 0 aromatic heterocycles. The number of halogens is 1. The monoisotopic (exact) mass is 374 g/mol. The van der Waals surface area contributed by atoms with Crippen molar-refractivity contribution in [3.05, 3.63) is 64.7 Å². The minimum atomic E-state index is -0.602. The van der Waals surface area contributed by atoms with E-state index in [-0.39, 0.29) is 12.5 Å². The normalized spacial score (nSPS) is 9.92. The minimum Gasteiger partial charge on any atom is -0.452 e. The van der Waals surface area contributed by atoms with Crippen LogP contribution in [0.3, 0.4) is 0 Å². The third kappa shape index (κ3) is 6.49. The van der Waals surface area contributed by atoms with Gasteiger partial charge in [-0.2, -0.15) is 5.26 Å². The van der Waals surface area contributed by atoms with Crippen molar-refractivity contribution in [1.82, 2.24) is 5.32 Å². The Bertz CT molecular complexity index is 770. The molecule has 25 heavy (non-hydrogen) atoms. The van der Waals surface area contributed by atoms with E-state index in [0.29, 0.717) is 28.4 Å². The predicted octanol–water partition coefficient (Wildman–Crippen LogP) is 3.28. The van der Waals surface area contributed by atoms with Gasteiger partial charge in [0.05, 0.1) is 17.2 Å². The fourth-order valence-corrected chi connectivity index (χ4v) is 2.73. The summed E-state index contributed by atoms with van der Waals surface area (Å²) in [6.45, 7) is 0.116. The van der Waals surface area contributed by atoms with E-state index in [2.05, 4.69) is 5.32 Å². The number of rotatable bonds is 7. The third-order valence-electron chi connectivity index (χ3n) is 3.09. The van der Waals surface area contributed by atoms with Gasteiger partial charge in [0.1, 0.15) is 0 Å². The third-order valence-corrected chi connectivity index (χ3v) is 4.36. The number of nitrogens with one attached hydrogen (secondary N) is 1. The molecule has 1 N–H and O–H groups in total. The number of nitrogens with zero attached hydrogens (tertiary/aromatic N) is 1. The Hall–Kier alpha value is -2.49. The average molecular weight is 375 g/mol. The standard InChI is InChI=1S/C18H15ClN2O3S/c19-15-5-7-16(8-6-15)25-10-9-21-17(22)12-24-18(23)14-3-1-13(11-20)2-4-14/h1-8H,9-10,12H2,(H,21,22). The van der Waals surface area contributed by atoms with E-state index in [1.807, 2.05) is 30.3 Å². The molecule has 2 aromatic rings. The summed E-state index contributed by atoms with van der Waals surface area (Å²) in [5.41, 5.74) is 0.748. The molecule has 128 valence electrons. The molecule has 7 heteroatoms. The molecule has 0 spiro atoms. The lowest BCUT2D eigenvalue weighted by Gasteiger charge is -2.07. The van der Waals surface area contributed by atoms with Crippen LogP contribution in [0.15, 0.2) is 53.4 Å². The van der Waals surface area contributed by atoms with E-state index in [1.165, 1.54) is 24.3 Å². The number of hydrogen-bond acceptors (Lipinski definition) is 5. The van der Waals surface area contributed by atoms with Crippen LogP contribution in [0.1, 0.15) is 15.9 Å². The first-order valence-electron chi connectivity index (χ1n) is 7.41. The average Bonchev–Trinajstić information content (AvgIpc) is 2.64. The molecule has 2 rings (SSSR count). The van der Waals surface area contributed by atoms with Gasteiger partial charge >= 0.3 is 5.97 Å². The van der Waals surface area contributed by atoms with Crippen molar-refractivity contribution in [3.8, 4) is 6.07 Å². The SMILES string of the molecule is N#Cc1ccc(C(=O)OCC(=O)NCCSc2ccc(Cl)cc2)cc1. The first kappa shape index (κ1) is 18.8. The Morgan fingerprint density at radius 1 is 1.12 bits per heavy atom. The second kappa shape index (κ2) is 9.72. The zero-order chi connectivity index (χ0) is 18.1. The van der Waals surface area contributed by atoms with Gasteiger partial charge in [0.25, 0.3) is 5.91 Å². The van der Waals surface area contributed by atoms with Crippen molar-refractivity contribution >= 4 is 35.2 Å². The summed E-state index contributed by atoms with van der Waals surface area (Å²) in [5, 5.41) is 12.1. The number of amides is 1. The van der Waals surface area contributed by atoms with E-state index in [4.69, 9.17) is 21.6 Å². The lowest BCUT2D eigenvalue weighted by Crippen LogP contribution is -2.30. The van der Waals surface area contributed by atoms with Crippen LogP contribution in [0.5, 0.6) is 0 Å². The Morgan fingerprint density at radius 3 is 2.44 bits per heavy atom. The van der Waals surface area contributed by atoms with Gasteiger partial charge in [0.15, 0.2) is 6.61 Å². The lowest BCUT2D eigenvalue weighted by molar-refractivity contribution is -0.124. The maximum Gasteiger partial charge on any atom is 0.338 e. The lowest BCUT2D eigenvalue weighted by atomic mass is 10.1. The van der Waals surface area contributed by atoms with Crippen LogP contribution >= 0.6 is 23.4 Å². The maximum absolute atomic E-state index is 11.8. The zero-order valence-electron chi connectivity index (χ0n) is 13.2. The van der Waals surface area contributed by atoms with Crippen molar-refractivity contribution in [2.45, 2.75) is 4.90 Å². The van der Waals surface area contributed by atoms with Crippen LogP contribution in [0.2, 0.25) is 5.02 Å². The second-order valence-electron chi connectivity index (χ2n) is 4.92. The summed E-state index contributed by atoms with van der Waals surface area (Å²) in [5.74, 6) is -0.273. The number of esters is 1. The molecule has 0 bridgehead atoms. The Kier molecular flexibility index (Phi) is 7.33. The molecule has 0 heterocycles. The largest absolute Gasteiger partial charge is 0.452 e. The van der Waals surface area contributed by atoms with Crippen LogP contribution in [0.25, 0.3) is 0 Å². The molecule has 1 amide bonds. The van der Waals surface area contributed by atoms with E-state index in [9.17, 15) is 9.59 Å². The number of ether oxygens (including phenoxy) is 1. The molecule has 0 saturated carbocycles. The molecule has 0 fully saturated rings. The van der Waals surface area contributed by atoms with Crippen molar-refractivity contribution in [1.29, 1.82) is 5.26 Å². The molecule has 0 unspecified atom stereocenters. The fourth-order valence-electron chi connectivity index (χ4n) is 1.84. The summed E-state index contributed by atoms with van der Waals surface area (Å²) in [7, 11) is 0. The van der Waals surface area contributed by atoms with Gasteiger partial charge in [0, 0.05) is 22.2 Å². The molecule has 0 atom stereocenters. The Balaban J connectivity index is 1.65. The molecule has 2 aromatic carbocycles. The number of hydrogen-bond donors (Lipinski definition) is 1. The van der Waals surface area contributed by atoms with E-state index < -0.39 is 5.97 Å². The smallest absolute Gasteiger partial charge is 0.338 e. The van der Waals surface area contributed by atoms with Crippen LogP contribution in [-0.2, 0) is 9.53 Å². The quantitative estimate of drug-likeness (QED) is 0.457. The van der Waals surface area contributed by atoms with Crippen molar-refractivity contribution in [2.24, 2.45) is 0 Å². The fraction of sp³-hybridized carbons (Fsp3) is 0.167. The van der Waals surface area contributed by atoms with Crippen molar-refractivity contribution in [2.75, 3.05) is 18.9 Å². The Morgan fingerprint density at radius 2 is 1.80 bits per heavy atom. The molecule has 0 aliphatic carbocycles. The topological polar surface area (TPSA) is 79.2 Å². The van der Waals surface area contributed by atoms with Gasteiger partial charge in [-0.15, -0.1) is 11.8 Å². The highest BCUT2D eigenvalue weighted by Gasteiger charge is 2.10. The minimum absolute atomic E-state index is 0.296. The number of carbonyl (C=O) groups excluding carboxylic acids is 2. The first-order valence-corrected chi connectivity index (χ1v) is 8.77. The molecular formula is C18H15ClN2O3S. The number of thioether (sulfide) groups is 1. The van der Waals surface area contributed by atoms with E-state index >= 15 is 0 Å². The van der Waals surface area contributed by atoms with Gasteiger partial charge < -0.3 is 10.1 Å². The van der Waals surface area contributed by atoms with E-state index in [0.717, 1.165) is 4.90 Å². The maximum atomic E-state index is 11.8. The van der Waals surface area contributed by atoms with Crippen LogP contribution in [0.4, 0.5) is 0 Å². The molecule has 5 nitrogen and oxygen atoms in total. The van der Waals surface area contributed by atoms with Gasteiger partial charge in [-0.05, 0) is 48.5 Å². The Labute approximate surface area is 154 Å². The van der Waals surface area contributed by atoms with Crippen molar-refractivity contribution in [3.63, 3.8) is 0 Å². The number of benzene rings is 2. The van der Waals surface area contributed by atoms with Crippen molar-refractivity contribution < 1.29 is 14.3 Å². The molecule has 0 aliphatic rings. The number of nitriles is 1. The summed E-state index contributed by atoms with van der Waals surface area (Å²) in [6.07, 6.45) is 0. The highest BCUT2D eigenvalue weighted by molar-refractivity contribution is 7.99.